The van der Waals surface area contributed by atoms with Crippen molar-refractivity contribution in [1.29, 1.82) is 0 Å². The number of thioether (sulfide) groups is 1. The number of allylic oxidation sites excluding steroid dienone is 1. The maximum absolute atomic E-state index is 13.6. The van der Waals surface area contributed by atoms with Crippen molar-refractivity contribution < 1.29 is 38.8 Å². The van der Waals surface area contributed by atoms with Crippen LogP contribution in [0, 0.1) is 23.6 Å². The van der Waals surface area contributed by atoms with Crippen LogP contribution in [0.5, 0.6) is 0 Å². The fraction of sp³-hybridized carbons (Fsp3) is 0.688. The molecule has 244 valence electrons. The zero-order valence-corrected chi connectivity index (χ0v) is 26.1. The van der Waals surface area contributed by atoms with Crippen molar-refractivity contribution in [2.75, 3.05) is 19.7 Å². The number of ether oxygens (including phenoxy) is 2. The summed E-state index contributed by atoms with van der Waals surface area (Å²) >= 11 is 1.25. The van der Waals surface area contributed by atoms with Crippen LogP contribution in [0.25, 0.3) is 0 Å². The van der Waals surface area contributed by atoms with Gasteiger partial charge in [-0.15, -0.1) is 11.8 Å². The van der Waals surface area contributed by atoms with Crippen molar-refractivity contribution >= 4 is 23.6 Å². The summed E-state index contributed by atoms with van der Waals surface area (Å²) in [4.78, 5) is 26.2. The van der Waals surface area contributed by atoms with E-state index in [0.29, 0.717) is 43.4 Å². The van der Waals surface area contributed by atoms with Crippen molar-refractivity contribution in [2.45, 2.75) is 99.2 Å². The van der Waals surface area contributed by atoms with Crippen LogP contribution in [0.4, 0.5) is 4.39 Å². The molecule has 4 aliphatic rings. The first-order valence-electron chi connectivity index (χ1n) is 15.8. The van der Waals surface area contributed by atoms with Gasteiger partial charge in [0.1, 0.15) is 41.7 Å². The lowest BCUT2D eigenvalue weighted by Crippen LogP contribution is -2.64. The van der Waals surface area contributed by atoms with E-state index in [9.17, 15) is 29.3 Å². The Labute approximate surface area is 262 Å². The lowest BCUT2D eigenvalue weighted by Gasteiger charge is -2.44. The second-order valence-electron chi connectivity index (χ2n) is 13.0. The smallest absolute Gasteiger partial charge is 0.251 e. The number of amides is 2. The molecular formula is C32H46FN3O7S. The molecule has 6 N–H and O–H groups in total. The Bertz CT molecular complexity index is 1160. The van der Waals surface area contributed by atoms with Gasteiger partial charge >= 0.3 is 0 Å². The molecular weight excluding hydrogens is 589 g/mol. The number of nitrogens with one attached hydrogen (secondary N) is 3. The van der Waals surface area contributed by atoms with Gasteiger partial charge in [-0.2, -0.15) is 0 Å². The molecule has 44 heavy (non-hydrogen) atoms. The largest absolute Gasteiger partial charge is 0.388 e. The highest BCUT2D eigenvalue weighted by Gasteiger charge is 2.49. The topological polar surface area (TPSA) is 149 Å². The molecule has 4 heterocycles. The minimum absolute atomic E-state index is 0.226. The van der Waals surface area contributed by atoms with E-state index in [1.165, 1.54) is 36.0 Å². The number of hydrogen-bond acceptors (Lipinski definition) is 9. The van der Waals surface area contributed by atoms with Crippen LogP contribution in [0.2, 0.25) is 0 Å². The maximum Gasteiger partial charge on any atom is 0.251 e. The van der Waals surface area contributed by atoms with Gasteiger partial charge in [0.05, 0.1) is 12.1 Å². The summed E-state index contributed by atoms with van der Waals surface area (Å²) in [7, 11) is 0. The molecule has 0 spiro atoms. The average molecular weight is 636 g/mol. The lowest BCUT2D eigenvalue weighted by atomic mass is 9.85. The van der Waals surface area contributed by atoms with E-state index < -0.39 is 47.8 Å². The van der Waals surface area contributed by atoms with Crippen LogP contribution in [0.1, 0.15) is 56.3 Å². The first-order valence-corrected chi connectivity index (χ1v) is 16.7. The number of fused-ring (bicyclic) bond motifs is 3. The molecule has 1 aromatic carbocycles. The molecule has 2 amide bonds. The number of benzene rings is 1. The van der Waals surface area contributed by atoms with Gasteiger partial charge < -0.3 is 40.7 Å². The van der Waals surface area contributed by atoms with Gasteiger partial charge in [0.2, 0.25) is 5.91 Å². The molecule has 0 aromatic heterocycles. The van der Waals surface area contributed by atoms with Gasteiger partial charge in [0.15, 0.2) is 0 Å². The van der Waals surface area contributed by atoms with Crippen LogP contribution in [0.3, 0.4) is 0 Å². The van der Waals surface area contributed by atoms with E-state index in [1.807, 2.05) is 12.2 Å². The van der Waals surface area contributed by atoms with Crippen LogP contribution in [-0.2, 0) is 14.3 Å². The van der Waals surface area contributed by atoms with Crippen molar-refractivity contribution in [3.63, 3.8) is 0 Å². The Balaban J connectivity index is 1.24. The van der Waals surface area contributed by atoms with Gasteiger partial charge in [-0.25, -0.2) is 4.39 Å². The number of carbonyl (C=O) groups excluding carboxylic acids is 2. The number of hydrogen-bond donors (Lipinski definition) is 6. The van der Waals surface area contributed by atoms with Crippen LogP contribution < -0.4 is 16.0 Å². The summed E-state index contributed by atoms with van der Waals surface area (Å²) in [6.07, 6.45) is 2.35. The number of carbonyl (C=O) groups is 2. The number of aliphatic hydroxyl groups is 3. The van der Waals surface area contributed by atoms with E-state index in [-0.39, 0.29) is 35.6 Å². The zero-order chi connectivity index (χ0) is 31.4. The molecule has 0 radical (unpaired) electrons. The molecule has 0 unspecified atom stereocenters. The normalized spacial score (nSPS) is 38.3. The molecule has 2 bridgehead atoms. The van der Waals surface area contributed by atoms with Gasteiger partial charge in [-0.3, -0.25) is 9.59 Å². The second kappa shape index (κ2) is 15.0. The molecule has 0 saturated carbocycles. The van der Waals surface area contributed by atoms with Crippen LogP contribution >= 0.6 is 11.8 Å². The molecule has 12 heteroatoms. The maximum atomic E-state index is 13.6. The Kier molecular flexibility index (Phi) is 11.4. The van der Waals surface area contributed by atoms with E-state index in [2.05, 4.69) is 29.8 Å². The predicted molar refractivity (Wildman–Crippen MR) is 164 cm³/mol. The van der Waals surface area contributed by atoms with Crippen molar-refractivity contribution in [3.8, 4) is 0 Å². The van der Waals surface area contributed by atoms with E-state index in [4.69, 9.17) is 9.47 Å². The second-order valence-corrected chi connectivity index (χ2v) is 14.4. The highest BCUT2D eigenvalue weighted by Crippen LogP contribution is 2.36. The summed E-state index contributed by atoms with van der Waals surface area (Å²) in [6.45, 7) is 6.02. The van der Waals surface area contributed by atoms with E-state index in [0.717, 1.165) is 19.3 Å². The number of rotatable bonds is 7. The van der Waals surface area contributed by atoms with Crippen molar-refractivity contribution in [1.82, 2.24) is 16.0 Å². The summed E-state index contributed by atoms with van der Waals surface area (Å²) in [5.74, 6) is 0.403. The fourth-order valence-electron chi connectivity index (χ4n) is 6.92. The predicted octanol–water partition coefficient (Wildman–Crippen LogP) is 1.73. The summed E-state index contributed by atoms with van der Waals surface area (Å²) in [5, 5.41) is 41.6. The number of halogens is 1. The summed E-state index contributed by atoms with van der Waals surface area (Å²) in [6, 6.07) is 4.06. The molecule has 4 aliphatic heterocycles. The van der Waals surface area contributed by atoms with Crippen LogP contribution in [0.15, 0.2) is 36.4 Å². The molecule has 3 fully saturated rings. The Hall–Kier alpha value is -2.06. The van der Waals surface area contributed by atoms with Gasteiger partial charge in [0, 0.05) is 30.5 Å². The molecule has 10 nitrogen and oxygen atoms in total. The number of aliphatic hydroxyl groups excluding tert-OH is 3. The van der Waals surface area contributed by atoms with E-state index >= 15 is 0 Å². The Morgan fingerprint density at radius 1 is 1.07 bits per heavy atom. The third-order valence-electron chi connectivity index (χ3n) is 9.16. The van der Waals surface area contributed by atoms with Gasteiger partial charge in [-0.1, -0.05) is 26.0 Å². The molecule has 3 saturated heterocycles. The molecule has 5 rings (SSSR count). The Morgan fingerprint density at radius 2 is 1.82 bits per heavy atom. The minimum Gasteiger partial charge on any atom is -0.388 e. The average Bonchev–Trinajstić information content (AvgIpc) is 3.28. The molecule has 1 aromatic rings. The molecule has 0 aliphatic carbocycles. The monoisotopic (exact) mass is 635 g/mol. The lowest BCUT2D eigenvalue weighted by molar-refractivity contribution is -0.205. The van der Waals surface area contributed by atoms with Crippen molar-refractivity contribution in [3.05, 3.63) is 47.8 Å². The van der Waals surface area contributed by atoms with Gasteiger partial charge in [0.25, 0.3) is 5.91 Å². The highest BCUT2D eigenvalue weighted by atomic mass is 32.2. The molecule has 11 atom stereocenters. The summed E-state index contributed by atoms with van der Waals surface area (Å²) in [5.41, 5.74) is -0.584. The van der Waals surface area contributed by atoms with Crippen molar-refractivity contribution in [2.24, 2.45) is 17.8 Å². The SMILES string of the molecule is CC(C)C[C@@H]1CCO[C@@H]2[C@H](CN[C@@H]2C(=O)N[C@@H]2C/C=C\C[C@@H](CNC(=O)c3ccc(F)cc3)S[C@H]3O[C@H]2[C@H](O)[C@H](O)[C@H]3O)C1. The summed E-state index contributed by atoms with van der Waals surface area (Å²) < 4.78 is 25.7. The highest BCUT2D eigenvalue weighted by molar-refractivity contribution is 8.00. The third-order valence-corrected chi connectivity index (χ3v) is 10.6. The van der Waals surface area contributed by atoms with Gasteiger partial charge in [-0.05, 0) is 74.1 Å². The minimum atomic E-state index is -1.49. The zero-order valence-electron chi connectivity index (χ0n) is 25.3. The standard InChI is InChI=1S/C32H46FN3O7S/c1-17(2)13-18-11-12-42-28-20(14-18)15-34-24(28)31(41)36-23-6-4-3-5-22(16-35-30(40)19-7-9-21(33)10-8-19)44-32-27(39)25(37)26(38)29(23)43-32/h3-4,7-10,17-18,20,22-29,32,34,37-39H,5-6,11-16H2,1-2H3,(H,35,40)(H,36,41)/b4-3-/t18-,20-,22-,23+,24-,25-,26+,27+,28+,29+,32+/m0/s1. The quantitative estimate of drug-likeness (QED) is 0.247. The Morgan fingerprint density at radius 3 is 2.57 bits per heavy atom. The van der Waals surface area contributed by atoms with E-state index in [1.54, 1.807) is 0 Å². The first-order chi connectivity index (χ1) is 21.1. The van der Waals surface area contributed by atoms with Crippen LogP contribution in [-0.4, -0.2) is 100 Å². The first kappa shape index (κ1) is 33.3. The third kappa shape index (κ3) is 8.01. The fourth-order valence-corrected chi connectivity index (χ4v) is 8.21.